The Morgan fingerprint density at radius 1 is 1.14 bits per heavy atom. The molecule has 0 aromatic heterocycles. The second-order valence-electron chi connectivity index (χ2n) is 5.02. The quantitative estimate of drug-likeness (QED) is 0.905. The number of rotatable bonds is 5. The summed E-state index contributed by atoms with van der Waals surface area (Å²) in [5.41, 5.74) is 2.72. The standard InChI is InChI=1S/C17H19F2NO/c1-11-4-6-13(18)10-14(11)16(20-2)9-12-5-7-17(21-3)15(19)8-12/h4-8,10,16,20H,9H2,1-3H3. The van der Waals surface area contributed by atoms with E-state index in [2.05, 4.69) is 5.32 Å². The van der Waals surface area contributed by atoms with E-state index < -0.39 is 0 Å². The van der Waals surface area contributed by atoms with Gasteiger partial charge < -0.3 is 10.1 Å². The van der Waals surface area contributed by atoms with Crippen LogP contribution in [0.15, 0.2) is 36.4 Å². The Morgan fingerprint density at radius 2 is 1.90 bits per heavy atom. The predicted molar refractivity (Wildman–Crippen MR) is 79.6 cm³/mol. The topological polar surface area (TPSA) is 21.3 Å². The first-order chi connectivity index (χ1) is 10.0. The summed E-state index contributed by atoms with van der Waals surface area (Å²) in [6, 6.07) is 9.53. The van der Waals surface area contributed by atoms with E-state index in [1.54, 1.807) is 12.1 Å². The van der Waals surface area contributed by atoms with Crippen LogP contribution in [0.2, 0.25) is 0 Å². The molecular formula is C17H19F2NO. The van der Waals surface area contributed by atoms with Gasteiger partial charge in [-0.1, -0.05) is 12.1 Å². The van der Waals surface area contributed by atoms with Crippen molar-refractivity contribution in [2.45, 2.75) is 19.4 Å². The van der Waals surface area contributed by atoms with Gasteiger partial charge in [0.2, 0.25) is 0 Å². The van der Waals surface area contributed by atoms with Crippen molar-refractivity contribution in [1.29, 1.82) is 0 Å². The van der Waals surface area contributed by atoms with Gasteiger partial charge in [0.25, 0.3) is 0 Å². The van der Waals surface area contributed by atoms with E-state index >= 15 is 0 Å². The number of hydrogen-bond acceptors (Lipinski definition) is 2. The van der Waals surface area contributed by atoms with E-state index in [-0.39, 0.29) is 23.4 Å². The van der Waals surface area contributed by atoms with Crippen LogP contribution in [-0.4, -0.2) is 14.2 Å². The molecule has 4 heteroatoms. The van der Waals surface area contributed by atoms with Gasteiger partial charge in [0.05, 0.1) is 7.11 Å². The van der Waals surface area contributed by atoms with Crippen LogP contribution in [0.4, 0.5) is 8.78 Å². The van der Waals surface area contributed by atoms with Crippen molar-refractivity contribution in [1.82, 2.24) is 5.32 Å². The third kappa shape index (κ3) is 3.58. The molecule has 0 fully saturated rings. The van der Waals surface area contributed by atoms with E-state index in [4.69, 9.17) is 4.74 Å². The summed E-state index contributed by atoms with van der Waals surface area (Å²) >= 11 is 0. The highest BCUT2D eigenvalue weighted by atomic mass is 19.1. The fourth-order valence-corrected chi connectivity index (χ4v) is 2.43. The van der Waals surface area contributed by atoms with Crippen LogP contribution in [0.5, 0.6) is 5.75 Å². The van der Waals surface area contributed by atoms with Crippen molar-refractivity contribution < 1.29 is 13.5 Å². The number of likely N-dealkylation sites (N-methyl/N-ethyl adjacent to an activating group) is 1. The molecule has 0 spiro atoms. The van der Waals surface area contributed by atoms with E-state index in [0.29, 0.717) is 6.42 Å². The smallest absolute Gasteiger partial charge is 0.165 e. The number of methoxy groups -OCH3 is 1. The lowest BCUT2D eigenvalue weighted by atomic mass is 9.95. The molecule has 2 rings (SSSR count). The molecule has 0 aliphatic carbocycles. The molecule has 0 saturated heterocycles. The SMILES string of the molecule is CNC(Cc1ccc(OC)c(F)c1)c1cc(F)ccc1C. The lowest BCUT2D eigenvalue weighted by molar-refractivity contribution is 0.386. The maximum atomic E-state index is 13.7. The Bertz CT molecular complexity index is 628. The lowest BCUT2D eigenvalue weighted by Gasteiger charge is -2.19. The Hall–Kier alpha value is -1.94. The monoisotopic (exact) mass is 291 g/mol. The Morgan fingerprint density at radius 3 is 2.52 bits per heavy atom. The summed E-state index contributed by atoms with van der Waals surface area (Å²) in [6.45, 7) is 1.94. The molecule has 0 aliphatic heterocycles. The lowest BCUT2D eigenvalue weighted by Crippen LogP contribution is -2.20. The molecule has 2 aromatic rings. The number of benzene rings is 2. The van der Waals surface area contributed by atoms with E-state index in [1.807, 2.05) is 20.0 Å². The van der Waals surface area contributed by atoms with Crippen LogP contribution in [-0.2, 0) is 6.42 Å². The summed E-state index contributed by atoms with van der Waals surface area (Å²) in [5, 5.41) is 3.16. The Labute approximate surface area is 123 Å². The summed E-state index contributed by atoms with van der Waals surface area (Å²) < 4.78 is 32.1. The Balaban J connectivity index is 2.26. The van der Waals surface area contributed by atoms with Gasteiger partial charge in [-0.2, -0.15) is 0 Å². The molecule has 0 radical (unpaired) electrons. The number of hydrogen-bond donors (Lipinski definition) is 1. The first kappa shape index (κ1) is 15.4. The van der Waals surface area contributed by atoms with Gasteiger partial charge in [0.1, 0.15) is 5.82 Å². The molecule has 2 aromatic carbocycles. The maximum Gasteiger partial charge on any atom is 0.165 e. The van der Waals surface area contributed by atoms with Gasteiger partial charge in [-0.05, 0) is 61.3 Å². The molecular weight excluding hydrogens is 272 g/mol. The zero-order chi connectivity index (χ0) is 15.4. The summed E-state index contributed by atoms with van der Waals surface area (Å²) in [7, 11) is 3.25. The van der Waals surface area contributed by atoms with Crippen molar-refractivity contribution in [2.75, 3.05) is 14.2 Å². The molecule has 0 saturated carbocycles. The zero-order valence-corrected chi connectivity index (χ0v) is 12.4. The molecule has 1 unspecified atom stereocenters. The fraction of sp³-hybridized carbons (Fsp3) is 0.294. The van der Waals surface area contributed by atoms with Gasteiger partial charge in [0.15, 0.2) is 11.6 Å². The molecule has 1 atom stereocenters. The minimum absolute atomic E-state index is 0.0755. The maximum absolute atomic E-state index is 13.7. The van der Waals surface area contributed by atoms with Crippen LogP contribution in [0.3, 0.4) is 0 Å². The van der Waals surface area contributed by atoms with Crippen molar-refractivity contribution in [3.8, 4) is 5.75 Å². The van der Waals surface area contributed by atoms with Gasteiger partial charge in [-0.3, -0.25) is 0 Å². The molecule has 0 aliphatic rings. The number of nitrogens with one attached hydrogen (secondary N) is 1. The highest BCUT2D eigenvalue weighted by Gasteiger charge is 2.14. The molecule has 21 heavy (non-hydrogen) atoms. The zero-order valence-electron chi connectivity index (χ0n) is 12.4. The van der Waals surface area contributed by atoms with Crippen LogP contribution >= 0.6 is 0 Å². The number of halogens is 2. The normalized spacial score (nSPS) is 12.2. The summed E-state index contributed by atoms with van der Waals surface area (Å²) in [5.74, 6) is -0.431. The third-order valence-corrected chi connectivity index (χ3v) is 3.62. The van der Waals surface area contributed by atoms with Crippen LogP contribution in [0.1, 0.15) is 22.7 Å². The third-order valence-electron chi connectivity index (χ3n) is 3.62. The minimum atomic E-state index is -0.388. The van der Waals surface area contributed by atoms with Crippen molar-refractivity contribution >= 4 is 0 Å². The number of ether oxygens (including phenoxy) is 1. The van der Waals surface area contributed by atoms with Gasteiger partial charge >= 0.3 is 0 Å². The van der Waals surface area contributed by atoms with Crippen molar-refractivity contribution in [3.63, 3.8) is 0 Å². The van der Waals surface area contributed by atoms with Crippen LogP contribution in [0.25, 0.3) is 0 Å². The molecule has 1 N–H and O–H groups in total. The second-order valence-corrected chi connectivity index (χ2v) is 5.02. The summed E-state index contributed by atoms with van der Waals surface area (Å²) in [6.07, 6.45) is 0.571. The van der Waals surface area contributed by atoms with Gasteiger partial charge in [-0.15, -0.1) is 0 Å². The fourth-order valence-electron chi connectivity index (χ4n) is 2.43. The van der Waals surface area contributed by atoms with E-state index in [0.717, 1.165) is 16.7 Å². The highest BCUT2D eigenvalue weighted by molar-refractivity contribution is 5.34. The molecule has 2 nitrogen and oxygen atoms in total. The van der Waals surface area contributed by atoms with Gasteiger partial charge in [-0.25, -0.2) is 8.78 Å². The van der Waals surface area contributed by atoms with E-state index in [9.17, 15) is 8.78 Å². The average Bonchev–Trinajstić information content (AvgIpc) is 2.47. The van der Waals surface area contributed by atoms with E-state index in [1.165, 1.54) is 25.3 Å². The largest absolute Gasteiger partial charge is 0.494 e. The van der Waals surface area contributed by atoms with Crippen molar-refractivity contribution in [3.05, 3.63) is 64.7 Å². The average molecular weight is 291 g/mol. The summed E-state index contributed by atoms with van der Waals surface area (Å²) in [4.78, 5) is 0. The first-order valence-electron chi connectivity index (χ1n) is 6.81. The van der Waals surface area contributed by atoms with Crippen molar-refractivity contribution in [2.24, 2.45) is 0 Å². The minimum Gasteiger partial charge on any atom is -0.494 e. The van der Waals surface area contributed by atoms with Gasteiger partial charge in [0, 0.05) is 6.04 Å². The molecule has 0 heterocycles. The van der Waals surface area contributed by atoms with Crippen LogP contribution in [0, 0.1) is 18.6 Å². The molecule has 0 bridgehead atoms. The number of aryl methyl sites for hydroxylation is 1. The molecule has 0 amide bonds. The molecule has 112 valence electrons. The highest BCUT2D eigenvalue weighted by Crippen LogP contribution is 2.25. The second kappa shape index (κ2) is 6.68. The Kier molecular flexibility index (Phi) is 4.91. The first-order valence-corrected chi connectivity index (χ1v) is 6.81. The predicted octanol–water partition coefficient (Wildman–Crippen LogP) is 3.79. The van der Waals surface area contributed by atoms with Crippen LogP contribution < -0.4 is 10.1 Å².